The Kier molecular flexibility index (Phi) is 5.83. The molecule has 0 aliphatic heterocycles. The van der Waals surface area contributed by atoms with Gasteiger partial charge in [0.05, 0.1) is 12.7 Å². The van der Waals surface area contributed by atoms with Gasteiger partial charge in [0.25, 0.3) is 5.91 Å². The van der Waals surface area contributed by atoms with Gasteiger partial charge in [-0.3, -0.25) is 4.79 Å². The Morgan fingerprint density at radius 3 is 2.68 bits per heavy atom. The van der Waals surface area contributed by atoms with Crippen LogP contribution in [-0.2, 0) is 0 Å². The van der Waals surface area contributed by atoms with E-state index in [1.807, 2.05) is 12.1 Å². The summed E-state index contributed by atoms with van der Waals surface area (Å²) in [6.45, 7) is 4.91. The third kappa shape index (κ3) is 4.91. The number of ether oxygens (including phenoxy) is 1. The average Bonchev–Trinajstić information content (AvgIpc) is 2.42. The number of benzene rings is 1. The van der Waals surface area contributed by atoms with Crippen molar-refractivity contribution in [3.63, 3.8) is 0 Å². The molecule has 0 fully saturated rings. The molecule has 19 heavy (non-hydrogen) atoms. The number of hydrogen-bond acceptors (Lipinski definition) is 3. The van der Waals surface area contributed by atoms with Crippen molar-refractivity contribution in [1.82, 2.24) is 5.32 Å². The van der Waals surface area contributed by atoms with Crippen molar-refractivity contribution < 1.29 is 14.6 Å². The van der Waals surface area contributed by atoms with Crippen LogP contribution < -0.4 is 10.1 Å². The van der Waals surface area contributed by atoms with Gasteiger partial charge in [0.15, 0.2) is 0 Å². The molecule has 0 heterocycles. The third-order valence-electron chi connectivity index (χ3n) is 3.09. The van der Waals surface area contributed by atoms with Crippen LogP contribution in [0, 0.1) is 5.41 Å². The van der Waals surface area contributed by atoms with Crippen LogP contribution in [0.1, 0.15) is 37.0 Å². The Labute approximate surface area is 114 Å². The summed E-state index contributed by atoms with van der Waals surface area (Å²) in [6.07, 6.45) is 1.62. The Morgan fingerprint density at radius 2 is 2.05 bits per heavy atom. The van der Waals surface area contributed by atoms with Crippen LogP contribution in [-0.4, -0.2) is 31.3 Å². The minimum Gasteiger partial charge on any atom is -0.496 e. The lowest BCUT2D eigenvalue weighted by molar-refractivity contribution is 0.0930. The number of nitrogens with one attached hydrogen (secondary N) is 1. The predicted octanol–water partition coefficient (Wildman–Crippen LogP) is 2.22. The zero-order chi connectivity index (χ0) is 14.3. The molecule has 0 spiro atoms. The molecule has 0 aliphatic carbocycles. The zero-order valence-electron chi connectivity index (χ0n) is 11.9. The van der Waals surface area contributed by atoms with Crippen LogP contribution in [0.2, 0.25) is 0 Å². The van der Waals surface area contributed by atoms with Crippen molar-refractivity contribution in [2.45, 2.75) is 26.7 Å². The fourth-order valence-corrected chi connectivity index (χ4v) is 1.89. The molecule has 0 atom stereocenters. The summed E-state index contributed by atoms with van der Waals surface area (Å²) in [5.74, 6) is 0.447. The molecule has 0 aliphatic rings. The molecule has 0 unspecified atom stereocenters. The van der Waals surface area contributed by atoms with Crippen molar-refractivity contribution in [1.29, 1.82) is 0 Å². The lowest BCUT2D eigenvalue weighted by atomic mass is 9.88. The Bertz CT molecular complexity index is 416. The highest BCUT2D eigenvalue weighted by Gasteiger charge is 2.19. The minimum atomic E-state index is -0.130. The molecule has 0 radical (unpaired) electrons. The van der Waals surface area contributed by atoms with E-state index in [4.69, 9.17) is 9.84 Å². The van der Waals surface area contributed by atoms with Gasteiger partial charge >= 0.3 is 0 Å². The first kappa shape index (κ1) is 15.5. The minimum absolute atomic E-state index is 0.0274. The lowest BCUT2D eigenvalue weighted by Gasteiger charge is -2.24. The van der Waals surface area contributed by atoms with Gasteiger partial charge in [-0.2, -0.15) is 0 Å². The SMILES string of the molecule is COc1ccccc1C(=O)NCC(C)(C)CCCO. The van der Waals surface area contributed by atoms with Crippen LogP contribution in [0.3, 0.4) is 0 Å². The molecule has 1 rings (SSSR count). The van der Waals surface area contributed by atoms with E-state index in [2.05, 4.69) is 19.2 Å². The number of aliphatic hydroxyl groups excluding tert-OH is 1. The van der Waals surface area contributed by atoms with Gasteiger partial charge in [0.2, 0.25) is 0 Å². The molecule has 0 bridgehead atoms. The number of carbonyl (C=O) groups excluding carboxylic acids is 1. The zero-order valence-corrected chi connectivity index (χ0v) is 11.9. The molecule has 0 saturated carbocycles. The first-order valence-electron chi connectivity index (χ1n) is 6.52. The molecule has 4 nitrogen and oxygen atoms in total. The number of methoxy groups -OCH3 is 1. The van der Waals surface area contributed by atoms with E-state index in [0.717, 1.165) is 12.8 Å². The van der Waals surface area contributed by atoms with Crippen LogP contribution in [0.15, 0.2) is 24.3 Å². The Morgan fingerprint density at radius 1 is 1.37 bits per heavy atom. The van der Waals surface area contributed by atoms with Crippen molar-refractivity contribution in [2.75, 3.05) is 20.3 Å². The fourth-order valence-electron chi connectivity index (χ4n) is 1.89. The number of rotatable bonds is 7. The van der Waals surface area contributed by atoms with E-state index in [1.165, 1.54) is 0 Å². The first-order chi connectivity index (χ1) is 9.00. The molecule has 0 aromatic heterocycles. The Balaban J connectivity index is 2.60. The van der Waals surface area contributed by atoms with Crippen molar-refractivity contribution in [3.8, 4) is 5.75 Å². The fraction of sp³-hybridized carbons (Fsp3) is 0.533. The summed E-state index contributed by atoms with van der Waals surface area (Å²) in [4.78, 5) is 12.1. The van der Waals surface area contributed by atoms with Crippen LogP contribution >= 0.6 is 0 Å². The number of carbonyl (C=O) groups is 1. The van der Waals surface area contributed by atoms with Crippen LogP contribution in [0.4, 0.5) is 0 Å². The normalized spacial score (nSPS) is 11.2. The molecule has 1 aromatic rings. The lowest BCUT2D eigenvalue weighted by Crippen LogP contribution is -2.34. The van der Waals surface area contributed by atoms with E-state index < -0.39 is 0 Å². The summed E-state index contributed by atoms with van der Waals surface area (Å²) >= 11 is 0. The second-order valence-corrected chi connectivity index (χ2v) is 5.37. The van der Waals surface area contributed by atoms with Gasteiger partial charge in [0.1, 0.15) is 5.75 Å². The topological polar surface area (TPSA) is 58.6 Å². The molecular formula is C15H23NO3. The van der Waals surface area contributed by atoms with Gasteiger partial charge in [-0.1, -0.05) is 26.0 Å². The highest BCUT2D eigenvalue weighted by atomic mass is 16.5. The van der Waals surface area contributed by atoms with E-state index in [9.17, 15) is 4.79 Å². The standard InChI is InChI=1S/C15H23NO3/c1-15(2,9-6-10-17)11-16-14(18)12-7-4-5-8-13(12)19-3/h4-5,7-8,17H,6,9-11H2,1-3H3,(H,16,18). The highest BCUT2D eigenvalue weighted by molar-refractivity contribution is 5.96. The molecule has 106 valence electrons. The summed E-state index contributed by atoms with van der Waals surface area (Å²) in [7, 11) is 1.55. The van der Waals surface area contributed by atoms with Crippen molar-refractivity contribution in [3.05, 3.63) is 29.8 Å². The van der Waals surface area contributed by atoms with E-state index in [-0.39, 0.29) is 17.9 Å². The molecule has 4 heteroatoms. The van der Waals surface area contributed by atoms with E-state index in [0.29, 0.717) is 17.9 Å². The van der Waals surface area contributed by atoms with Gasteiger partial charge < -0.3 is 15.2 Å². The quantitative estimate of drug-likeness (QED) is 0.794. The average molecular weight is 265 g/mol. The van der Waals surface area contributed by atoms with E-state index >= 15 is 0 Å². The third-order valence-corrected chi connectivity index (χ3v) is 3.09. The smallest absolute Gasteiger partial charge is 0.255 e. The van der Waals surface area contributed by atoms with Crippen LogP contribution in [0.5, 0.6) is 5.75 Å². The van der Waals surface area contributed by atoms with Gasteiger partial charge in [-0.05, 0) is 30.4 Å². The van der Waals surface area contributed by atoms with Gasteiger partial charge in [-0.15, -0.1) is 0 Å². The van der Waals surface area contributed by atoms with Crippen LogP contribution in [0.25, 0.3) is 0 Å². The van der Waals surface area contributed by atoms with Gasteiger partial charge in [0, 0.05) is 13.2 Å². The van der Waals surface area contributed by atoms with Crippen molar-refractivity contribution in [2.24, 2.45) is 5.41 Å². The number of aliphatic hydroxyl groups is 1. The molecule has 2 N–H and O–H groups in total. The molecule has 1 aromatic carbocycles. The van der Waals surface area contributed by atoms with Gasteiger partial charge in [-0.25, -0.2) is 0 Å². The van der Waals surface area contributed by atoms with E-state index in [1.54, 1.807) is 19.2 Å². The second kappa shape index (κ2) is 7.14. The first-order valence-corrected chi connectivity index (χ1v) is 6.52. The number of para-hydroxylation sites is 1. The second-order valence-electron chi connectivity index (χ2n) is 5.37. The summed E-state index contributed by atoms with van der Waals surface area (Å²) in [5, 5.41) is 11.8. The summed E-state index contributed by atoms with van der Waals surface area (Å²) < 4.78 is 5.17. The predicted molar refractivity (Wildman–Crippen MR) is 75.4 cm³/mol. The highest BCUT2D eigenvalue weighted by Crippen LogP contribution is 2.22. The maximum absolute atomic E-state index is 12.1. The van der Waals surface area contributed by atoms with Crippen molar-refractivity contribution >= 4 is 5.91 Å². The number of hydrogen-bond donors (Lipinski definition) is 2. The maximum atomic E-state index is 12.1. The Hall–Kier alpha value is -1.55. The maximum Gasteiger partial charge on any atom is 0.255 e. The molecule has 1 amide bonds. The number of amides is 1. The summed E-state index contributed by atoms with van der Waals surface area (Å²) in [5.41, 5.74) is 0.517. The molecular weight excluding hydrogens is 242 g/mol. The summed E-state index contributed by atoms with van der Waals surface area (Å²) in [6, 6.07) is 7.16. The largest absolute Gasteiger partial charge is 0.496 e. The monoisotopic (exact) mass is 265 g/mol. The molecule has 0 saturated heterocycles.